The van der Waals surface area contributed by atoms with Crippen molar-refractivity contribution < 1.29 is 4.79 Å². The quantitative estimate of drug-likeness (QED) is 0.778. The van der Waals surface area contributed by atoms with E-state index in [2.05, 4.69) is 61.5 Å². The Morgan fingerprint density at radius 2 is 2.06 bits per heavy atom. The molecule has 2 rings (SSSR count). The summed E-state index contributed by atoms with van der Waals surface area (Å²) in [5.74, 6) is 0.152. The van der Waals surface area contributed by atoms with E-state index in [9.17, 15) is 4.79 Å². The lowest BCUT2D eigenvalue weighted by Gasteiger charge is -2.23. The zero-order valence-electron chi connectivity index (χ0n) is 10.9. The molecule has 1 aliphatic rings. The van der Waals surface area contributed by atoms with Crippen LogP contribution < -0.4 is 4.90 Å². The predicted octanol–water partition coefficient (Wildman–Crippen LogP) is 3.78. The van der Waals surface area contributed by atoms with E-state index in [0.717, 1.165) is 10.2 Å². The van der Waals surface area contributed by atoms with Gasteiger partial charge >= 0.3 is 0 Å². The average Bonchev–Trinajstić information content (AvgIpc) is 2.56. The van der Waals surface area contributed by atoms with Crippen molar-refractivity contribution in [3.8, 4) is 0 Å². The molecule has 0 saturated carbocycles. The van der Waals surface area contributed by atoms with Gasteiger partial charge in [0.15, 0.2) is 0 Å². The molecule has 0 radical (unpaired) electrons. The standard InChI is InChI=1S/C14H18BrNOS/c1-14(2,3)9-4-5-12(11(15)6-9)16-8-10(18)7-13(16)17/h4-6,10,18H,7-8H2,1-3H3. The molecule has 1 saturated heterocycles. The van der Waals surface area contributed by atoms with E-state index in [4.69, 9.17) is 0 Å². The Balaban J connectivity index is 2.34. The van der Waals surface area contributed by atoms with Crippen molar-refractivity contribution in [1.29, 1.82) is 0 Å². The maximum absolute atomic E-state index is 11.9. The van der Waals surface area contributed by atoms with Crippen molar-refractivity contribution in [2.75, 3.05) is 11.4 Å². The Hall–Kier alpha value is -0.480. The second-order valence-electron chi connectivity index (χ2n) is 5.78. The third-order valence-electron chi connectivity index (χ3n) is 3.21. The molecule has 1 heterocycles. The van der Waals surface area contributed by atoms with Gasteiger partial charge in [-0.05, 0) is 39.0 Å². The molecule has 98 valence electrons. The van der Waals surface area contributed by atoms with Crippen molar-refractivity contribution in [2.45, 2.75) is 37.9 Å². The Morgan fingerprint density at radius 1 is 1.39 bits per heavy atom. The molecule has 1 atom stereocenters. The highest BCUT2D eigenvalue weighted by Gasteiger charge is 2.29. The smallest absolute Gasteiger partial charge is 0.228 e. The van der Waals surface area contributed by atoms with Gasteiger partial charge in [0.1, 0.15) is 0 Å². The highest BCUT2D eigenvalue weighted by atomic mass is 79.9. The predicted molar refractivity (Wildman–Crippen MR) is 82.6 cm³/mol. The Kier molecular flexibility index (Phi) is 3.79. The van der Waals surface area contributed by atoms with Gasteiger partial charge in [0.25, 0.3) is 0 Å². The first-order valence-electron chi connectivity index (χ1n) is 6.07. The molecule has 1 aromatic carbocycles. The lowest BCUT2D eigenvalue weighted by molar-refractivity contribution is -0.117. The lowest BCUT2D eigenvalue weighted by atomic mass is 9.87. The van der Waals surface area contributed by atoms with Crippen LogP contribution in [0.2, 0.25) is 0 Å². The number of hydrogen-bond donors (Lipinski definition) is 1. The first-order valence-corrected chi connectivity index (χ1v) is 7.38. The summed E-state index contributed by atoms with van der Waals surface area (Å²) in [7, 11) is 0. The van der Waals surface area contributed by atoms with E-state index in [0.29, 0.717) is 13.0 Å². The summed E-state index contributed by atoms with van der Waals surface area (Å²) in [4.78, 5) is 13.7. The Labute approximate surface area is 122 Å². The van der Waals surface area contributed by atoms with Crippen LogP contribution >= 0.6 is 28.6 Å². The van der Waals surface area contributed by atoms with Crippen LogP contribution in [0.5, 0.6) is 0 Å². The van der Waals surface area contributed by atoms with Gasteiger partial charge in [-0.15, -0.1) is 0 Å². The molecule has 1 amide bonds. The van der Waals surface area contributed by atoms with E-state index in [1.165, 1.54) is 5.56 Å². The van der Waals surface area contributed by atoms with Crippen LogP contribution in [-0.2, 0) is 10.2 Å². The Morgan fingerprint density at radius 3 is 2.50 bits per heavy atom. The van der Waals surface area contributed by atoms with Crippen LogP contribution in [0.1, 0.15) is 32.8 Å². The van der Waals surface area contributed by atoms with E-state index >= 15 is 0 Å². The average molecular weight is 328 g/mol. The summed E-state index contributed by atoms with van der Waals surface area (Å²) in [5, 5.41) is 0.145. The molecule has 1 aromatic rings. The summed E-state index contributed by atoms with van der Waals surface area (Å²) >= 11 is 7.96. The largest absolute Gasteiger partial charge is 0.310 e. The van der Waals surface area contributed by atoms with Gasteiger partial charge in [0.2, 0.25) is 5.91 Å². The van der Waals surface area contributed by atoms with Crippen molar-refractivity contribution in [3.63, 3.8) is 0 Å². The van der Waals surface area contributed by atoms with E-state index in [-0.39, 0.29) is 16.6 Å². The number of halogens is 1. The van der Waals surface area contributed by atoms with Gasteiger partial charge in [-0.1, -0.05) is 26.8 Å². The van der Waals surface area contributed by atoms with Crippen molar-refractivity contribution in [1.82, 2.24) is 0 Å². The van der Waals surface area contributed by atoms with Crippen molar-refractivity contribution >= 4 is 40.2 Å². The second-order valence-corrected chi connectivity index (χ2v) is 7.36. The number of hydrogen-bond acceptors (Lipinski definition) is 2. The third-order valence-corrected chi connectivity index (χ3v) is 4.19. The maximum Gasteiger partial charge on any atom is 0.228 e. The number of thiol groups is 1. The molecule has 1 fully saturated rings. The monoisotopic (exact) mass is 327 g/mol. The number of carbonyl (C=O) groups is 1. The van der Waals surface area contributed by atoms with Gasteiger partial charge in [0.05, 0.1) is 5.69 Å². The molecule has 0 aromatic heterocycles. The number of rotatable bonds is 1. The van der Waals surface area contributed by atoms with E-state index in [1.54, 1.807) is 0 Å². The van der Waals surface area contributed by atoms with Crippen molar-refractivity contribution in [3.05, 3.63) is 28.2 Å². The molecule has 1 unspecified atom stereocenters. The topological polar surface area (TPSA) is 20.3 Å². The zero-order valence-corrected chi connectivity index (χ0v) is 13.4. The highest BCUT2D eigenvalue weighted by Crippen LogP contribution is 2.34. The number of anilines is 1. The minimum absolute atomic E-state index is 0.113. The summed E-state index contributed by atoms with van der Waals surface area (Å²) in [5.41, 5.74) is 2.32. The molecular weight excluding hydrogens is 310 g/mol. The molecule has 18 heavy (non-hydrogen) atoms. The SMILES string of the molecule is CC(C)(C)c1ccc(N2CC(S)CC2=O)c(Br)c1. The van der Waals surface area contributed by atoms with Crippen LogP contribution in [0.25, 0.3) is 0 Å². The first-order chi connectivity index (χ1) is 8.29. The fourth-order valence-corrected chi connectivity index (χ4v) is 3.03. The minimum Gasteiger partial charge on any atom is -0.310 e. The molecule has 4 heteroatoms. The van der Waals surface area contributed by atoms with Gasteiger partial charge in [0, 0.05) is 22.7 Å². The first kappa shape index (κ1) is 13.9. The van der Waals surface area contributed by atoms with Crippen molar-refractivity contribution in [2.24, 2.45) is 0 Å². The molecule has 1 aliphatic heterocycles. The molecule has 0 aliphatic carbocycles. The van der Waals surface area contributed by atoms with Gasteiger partial charge in [-0.2, -0.15) is 12.6 Å². The maximum atomic E-state index is 11.9. The second kappa shape index (κ2) is 4.89. The fraction of sp³-hybridized carbons (Fsp3) is 0.500. The molecule has 0 spiro atoms. The van der Waals surface area contributed by atoms with Crippen LogP contribution in [0.15, 0.2) is 22.7 Å². The summed E-state index contributed by atoms with van der Waals surface area (Å²) < 4.78 is 0.978. The summed E-state index contributed by atoms with van der Waals surface area (Å²) in [6.45, 7) is 7.23. The van der Waals surface area contributed by atoms with Crippen LogP contribution in [-0.4, -0.2) is 17.7 Å². The third kappa shape index (κ3) is 2.75. The van der Waals surface area contributed by atoms with Crippen LogP contribution in [0.4, 0.5) is 5.69 Å². The molecule has 2 nitrogen and oxygen atoms in total. The van der Waals surface area contributed by atoms with Crippen LogP contribution in [0.3, 0.4) is 0 Å². The molecule has 0 N–H and O–H groups in total. The summed E-state index contributed by atoms with van der Waals surface area (Å²) in [6, 6.07) is 6.22. The molecule has 0 bridgehead atoms. The lowest BCUT2D eigenvalue weighted by Crippen LogP contribution is -2.25. The number of nitrogens with zero attached hydrogens (tertiary/aromatic N) is 1. The number of benzene rings is 1. The molecular formula is C14H18BrNOS. The van der Waals surface area contributed by atoms with Gasteiger partial charge < -0.3 is 4.90 Å². The Bertz CT molecular complexity index is 481. The van der Waals surface area contributed by atoms with E-state index < -0.39 is 0 Å². The highest BCUT2D eigenvalue weighted by molar-refractivity contribution is 9.10. The van der Waals surface area contributed by atoms with Gasteiger partial charge in [-0.3, -0.25) is 4.79 Å². The fourth-order valence-electron chi connectivity index (χ4n) is 2.11. The number of amides is 1. The minimum atomic E-state index is 0.113. The van der Waals surface area contributed by atoms with E-state index in [1.807, 2.05) is 11.0 Å². The summed E-state index contributed by atoms with van der Waals surface area (Å²) in [6.07, 6.45) is 0.524. The number of carbonyl (C=O) groups excluding carboxylic acids is 1. The van der Waals surface area contributed by atoms with Crippen LogP contribution in [0, 0.1) is 0 Å². The van der Waals surface area contributed by atoms with Gasteiger partial charge in [-0.25, -0.2) is 0 Å². The normalized spacial score (nSPS) is 20.6. The zero-order chi connectivity index (χ0) is 13.5.